The highest BCUT2D eigenvalue weighted by molar-refractivity contribution is 7.77. The molecule has 0 bridgehead atoms. The van der Waals surface area contributed by atoms with E-state index in [2.05, 4.69) is 17.2 Å². The van der Waals surface area contributed by atoms with E-state index in [1.807, 2.05) is 97.9 Å². The summed E-state index contributed by atoms with van der Waals surface area (Å²) in [4.78, 5) is 12.0. The van der Waals surface area contributed by atoms with E-state index in [-0.39, 0.29) is 0 Å². The smallest absolute Gasteiger partial charge is 0.331 e. The quantitative estimate of drug-likeness (QED) is 0.328. The van der Waals surface area contributed by atoms with Crippen molar-refractivity contribution in [3.63, 3.8) is 0 Å². The fraction of sp³-hybridized carbons (Fsp3) is 0.107. The van der Waals surface area contributed by atoms with Crippen LogP contribution in [0.15, 0.2) is 115 Å². The van der Waals surface area contributed by atoms with Gasteiger partial charge in [-0.05, 0) is 59.7 Å². The van der Waals surface area contributed by atoms with E-state index in [0.29, 0.717) is 10.6 Å². The lowest BCUT2D eigenvalue weighted by molar-refractivity contribution is -0.141. The number of carbonyl (C=O) groups is 1. The average Bonchev–Trinajstić information content (AvgIpc) is 3.31. The highest BCUT2D eigenvalue weighted by Gasteiger charge is 2.45. The molecule has 4 aromatic carbocycles. The predicted molar refractivity (Wildman–Crippen MR) is 133 cm³/mol. The maximum atomic E-state index is 14.8. The van der Waals surface area contributed by atoms with Gasteiger partial charge in [0.2, 0.25) is 7.29 Å². The van der Waals surface area contributed by atoms with E-state index >= 15 is 0 Å². The molecule has 0 aliphatic carbocycles. The third kappa shape index (κ3) is 3.93. The Labute approximate surface area is 193 Å². The summed E-state index contributed by atoms with van der Waals surface area (Å²) in [5.41, 5.74) is -0.0638. The van der Waals surface area contributed by atoms with Gasteiger partial charge in [-0.25, -0.2) is 9.88 Å². The van der Waals surface area contributed by atoms with Crippen molar-refractivity contribution in [2.45, 2.75) is 18.6 Å². The Bertz CT molecular complexity index is 1340. The predicted octanol–water partition coefficient (Wildman–Crippen LogP) is 5.06. The molecule has 164 valence electrons. The molecule has 4 nitrogen and oxygen atoms in total. The Morgan fingerprint density at radius 2 is 1.36 bits per heavy atom. The summed E-state index contributed by atoms with van der Waals surface area (Å²) in [6.07, 6.45) is 2.55. The van der Waals surface area contributed by atoms with Crippen LogP contribution in [0.1, 0.15) is 12.5 Å². The fourth-order valence-corrected chi connectivity index (χ4v) is 7.02. The SMILES string of the molecule is C[C@](NP(=O)(c1ccccc1)c1ccccc1)(c1ccc2ccccc2c1)C1C=CC(=O)O1. The molecule has 2 atom stereocenters. The number of ether oxygens (including phenoxy) is 1. The molecule has 0 spiro atoms. The second-order valence-corrected chi connectivity index (χ2v) is 10.8. The van der Waals surface area contributed by atoms with E-state index in [9.17, 15) is 9.36 Å². The lowest BCUT2D eigenvalue weighted by atomic mass is 9.86. The number of esters is 1. The third-order valence-electron chi connectivity index (χ3n) is 6.20. The van der Waals surface area contributed by atoms with Crippen molar-refractivity contribution >= 4 is 34.6 Å². The van der Waals surface area contributed by atoms with Crippen molar-refractivity contribution in [3.05, 3.63) is 121 Å². The summed E-state index contributed by atoms with van der Waals surface area (Å²) >= 11 is 0. The Balaban J connectivity index is 1.69. The molecule has 5 rings (SSSR count). The van der Waals surface area contributed by atoms with Gasteiger partial charge in [-0.3, -0.25) is 4.57 Å². The number of hydrogen-bond acceptors (Lipinski definition) is 3. The van der Waals surface area contributed by atoms with E-state index in [1.165, 1.54) is 6.08 Å². The molecule has 1 N–H and O–H groups in total. The summed E-state index contributed by atoms with van der Waals surface area (Å²) < 4.78 is 20.5. The largest absolute Gasteiger partial charge is 0.453 e. The number of nitrogens with one attached hydrogen (secondary N) is 1. The maximum absolute atomic E-state index is 14.8. The molecule has 1 aliphatic heterocycles. The van der Waals surface area contributed by atoms with Crippen molar-refractivity contribution in [2.24, 2.45) is 0 Å². The second kappa shape index (κ2) is 8.47. The number of fused-ring (bicyclic) bond motifs is 1. The third-order valence-corrected chi connectivity index (χ3v) is 9.03. The minimum atomic E-state index is -3.32. The molecule has 33 heavy (non-hydrogen) atoms. The molecule has 0 fully saturated rings. The van der Waals surface area contributed by atoms with Crippen LogP contribution in [0.4, 0.5) is 0 Å². The zero-order valence-electron chi connectivity index (χ0n) is 18.2. The molecule has 1 unspecified atom stereocenters. The molecule has 0 saturated heterocycles. The lowest BCUT2D eigenvalue weighted by Gasteiger charge is -2.39. The molecule has 1 aliphatic rings. The minimum absolute atomic E-state index is 0.400. The van der Waals surface area contributed by atoms with Crippen LogP contribution in [0.3, 0.4) is 0 Å². The highest BCUT2D eigenvalue weighted by Crippen LogP contribution is 2.46. The fourth-order valence-electron chi connectivity index (χ4n) is 4.37. The summed E-state index contributed by atoms with van der Waals surface area (Å²) in [7, 11) is -3.32. The van der Waals surface area contributed by atoms with Crippen LogP contribution in [0.5, 0.6) is 0 Å². The van der Waals surface area contributed by atoms with Gasteiger partial charge in [0.05, 0.1) is 5.54 Å². The summed E-state index contributed by atoms with van der Waals surface area (Å²) in [6.45, 7) is 1.95. The minimum Gasteiger partial charge on any atom is -0.453 e. The second-order valence-electron chi connectivity index (χ2n) is 8.37. The van der Waals surface area contributed by atoms with Crippen molar-refractivity contribution in [2.75, 3.05) is 0 Å². The van der Waals surface area contributed by atoms with Crippen LogP contribution in [0.25, 0.3) is 10.8 Å². The molecular weight excluding hydrogens is 429 g/mol. The topological polar surface area (TPSA) is 55.4 Å². The van der Waals surface area contributed by atoms with Crippen molar-refractivity contribution in [1.29, 1.82) is 0 Å². The monoisotopic (exact) mass is 453 g/mol. The van der Waals surface area contributed by atoms with Crippen LogP contribution in [-0.4, -0.2) is 12.1 Å². The Morgan fingerprint density at radius 1 is 0.788 bits per heavy atom. The molecule has 5 heteroatoms. The first-order valence-corrected chi connectivity index (χ1v) is 12.6. The van der Waals surface area contributed by atoms with E-state index in [4.69, 9.17) is 4.74 Å². The lowest BCUT2D eigenvalue weighted by Crippen LogP contribution is -2.50. The summed E-state index contributed by atoms with van der Waals surface area (Å²) in [5.74, 6) is -0.400. The number of hydrogen-bond donors (Lipinski definition) is 1. The Hall–Kier alpha value is -3.46. The van der Waals surface area contributed by atoms with Gasteiger partial charge in [0, 0.05) is 16.7 Å². The van der Waals surface area contributed by atoms with Gasteiger partial charge < -0.3 is 4.74 Å². The summed E-state index contributed by atoms with van der Waals surface area (Å²) in [5, 5.41) is 7.06. The first-order chi connectivity index (χ1) is 16.0. The molecule has 1 heterocycles. The van der Waals surface area contributed by atoms with Gasteiger partial charge >= 0.3 is 5.97 Å². The van der Waals surface area contributed by atoms with Crippen LogP contribution >= 0.6 is 7.29 Å². The molecule has 0 saturated carbocycles. The van der Waals surface area contributed by atoms with Crippen LogP contribution in [-0.2, 0) is 19.6 Å². The van der Waals surface area contributed by atoms with Gasteiger partial charge in [-0.2, -0.15) is 0 Å². The van der Waals surface area contributed by atoms with Crippen LogP contribution < -0.4 is 15.7 Å². The Kier molecular flexibility index (Phi) is 5.49. The van der Waals surface area contributed by atoms with Gasteiger partial charge in [-0.1, -0.05) is 72.8 Å². The van der Waals surface area contributed by atoms with Gasteiger partial charge in [0.25, 0.3) is 0 Å². The average molecular weight is 453 g/mol. The number of cyclic esters (lactones) is 1. The number of benzene rings is 4. The molecule has 0 amide bonds. The number of carbonyl (C=O) groups excluding carboxylic acids is 1. The van der Waals surface area contributed by atoms with Crippen LogP contribution in [0.2, 0.25) is 0 Å². The van der Waals surface area contributed by atoms with Gasteiger partial charge in [0.15, 0.2) is 0 Å². The first-order valence-electron chi connectivity index (χ1n) is 10.9. The normalized spacial score (nSPS) is 17.6. The van der Waals surface area contributed by atoms with Gasteiger partial charge in [0.1, 0.15) is 6.10 Å². The van der Waals surface area contributed by atoms with Gasteiger partial charge in [-0.15, -0.1) is 0 Å². The maximum Gasteiger partial charge on any atom is 0.331 e. The molecule has 0 aromatic heterocycles. The van der Waals surface area contributed by atoms with Crippen molar-refractivity contribution in [1.82, 2.24) is 5.09 Å². The summed E-state index contributed by atoms with van der Waals surface area (Å²) in [6, 6.07) is 33.1. The van der Waals surface area contributed by atoms with E-state index in [0.717, 1.165) is 16.3 Å². The van der Waals surface area contributed by atoms with E-state index in [1.54, 1.807) is 6.08 Å². The highest BCUT2D eigenvalue weighted by atomic mass is 31.2. The van der Waals surface area contributed by atoms with Crippen molar-refractivity contribution in [3.8, 4) is 0 Å². The molecule has 4 aromatic rings. The van der Waals surface area contributed by atoms with Crippen molar-refractivity contribution < 1.29 is 14.1 Å². The molecule has 0 radical (unpaired) electrons. The zero-order chi connectivity index (χ0) is 22.9. The zero-order valence-corrected chi connectivity index (χ0v) is 19.1. The standard InChI is InChI=1S/C28H24NO3P/c1-28(26-18-19-27(30)32-26,23-17-16-21-10-8-9-11-22(21)20-23)29-33(31,24-12-4-2-5-13-24)25-14-6-3-7-15-25/h2-20,26H,1H3,(H,29,31)/t26?,28-/m0/s1. The van der Waals surface area contributed by atoms with Crippen LogP contribution in [0, 0.1) is 0 Å². The molecular formula is C28H24NO3P. The van der Waals surface area contributed by atoms with E-state index < -0.39 is 24.9 Å². The number of rotatable bonds is 6. The first kappa shape index (κ1) is 21.4. The Morgan fingerprint density at radius 3 is 1.94 bits per heavy atom.